The highest BCUT2D eigenvalue weighted by atomic mass is 32.2. The van der Waals surface area contributed by atoms with Gasteiger partial charge >= 0.3 is 0 Å². The van der Waals surface area contributed by atoms with Crippen LogP contribution in [0.3, 0.4) is 0 Å². The lowest BCUT2D eigenvalue weighted by Gasteiger charge is -2.34. The van der Waals surface area contributed by atoms with Gasteiger partial charge in [-0.15, -0.1) is 0 Å². The van der Waals surface area contributed by atoms with Gasteiger partial charge in [0.2, 0.25) is 0 Å². The van der Waals surface area contributed by atoms with Gasteiger partial charge < -0.3 is 5.73 Å². The smallest absolute Gasteiger partial charge is 0.0295 e. The molecule has 1 nitrogen and oxygen atoms in total. The Bertz CT molecular complexity index is 341. The normalized spacial score (nSPS) is 31.1. The Balaban J connectivity index is 1.90. The Morgan fingerprint density at radius 3 is 2.59 bits per heavy atom. The van der Waals surface area contributed by atoms with Gasteiger partial charge in [0.15, 0.2) is 0 Å². The summed E-state index contributed by atoms with van der Waals surface area (Å²) in [7, 11) is 0. The Kier molecular flexibility index (Phi) is 4.83. The van der Waals surface area contributed by atoms with Crippen LogP contribution in [0.4, 0.5) is 0 Å². The van der Waals surface area contributed by atoms with E-state index < -0.39 is 0 Å². The second kappa shape index (κ2) is 6.17. The third-order valence-corrected chi connectivity index (χ3v) is 6.94. The standard InChI is InChI=1S/C14H21NS2/c1-10-11(2)17-14(9-16-10)13(15)8-12-6-4-3-5-7-12/h3-7,10-11,13-14H,8-9,15H2,1-2H3. The summed E-state index contributed by atoms with van der Waals surface area (Å²) in [6.07, 6.45) is 1.00. The van der Waals surface area contributed by atoms with Crippen molar-refractivity contribution in [1.82, 2.24) is 0 Å². The summed E-state index contributed by atoms with van der Waals surface area (Å²) in [5.74, 6) is 1.20. The van der Waals surface area contributed by atoms with Crippen molar-refractivity contribution >= 4 is 23.5 Å². The molecule has 1 saturated heterocycles. The van der Waals surface area contributed by atoms with E-state index in [1.165, 1.54) is 11.3 Å². The average Bonchev–Trinajstić information content (AvgIpc) is 2.34. The van der Waals surface area contributed by atoms with Crippen molar-refractivity contribution < 1.29 is 0 Å². The van der Waals surface area contributed by atoms with E-state index in [1.54, 1.807) is 0 Å². The molecule has 4 unspecified atom stereocenters. The van der Waals surface area contributed by atoms with Gasteiger partial charge in [0.1, 0.15) is 0 Å². The van der Waals surface area contributed by atoms with Gasteiger partial charge in [0.05, 0.1) is 0 Å². The summed E-state index contributed by atoms with van der Waals surface area (Å²) in [6.45, 7) is 4.64. The molecule has 2 rings (SSSR count). The van der Waals surface area contributed by atoms with E-state index in [0.717, 1.165) is 16.9 Å². The first kappa shape index (κ1) is 13.3. The molecule has 1 aliphatic rings. The molecule has 2 N–H and O–H groups in total. The number of hydrogen-bond acceptors (Lipinski definition) is 3. The van der Waals surface area contributed by atoms with Crippen molar-refractivity contribution in [3.63, 3.8) is 0 Å². The second-order valence-electron chi connectivity index (χ2n) is 4.77. The molecule has 0 bridgehead atoms. The molecule has 17 heavy (non-hydrogen) atoms. The number of thioether (sulfide) groups is 2. The summed E-state index contributed by atoms with van der Waals surface area (Å²) < 4.78 is 0. The fourth-order valence-corrected chi connectivity index (χ4v) is 5.11. The molecule has 1 aromatic rings. The van der Waals surface area contributed by atoms with Crippen molar-refractivity contribution in [1.29, 1.82) is 0 Å². The second-order valence-corrected chi connectivity index (χ2v) is 7.80. The Morgan fingerprint density at radius 1 is 1.24 bits per heavy atom. The SMILES string of the molecule is CC1SCC(C(N)Cc2ccccc2)SC1C. The third kappa shape index (κ3) is 3.67. The molecule has 0 radical (unpaired) electrons. The van der Waals surface area contributed by atoms with Crippen LogP contribution < -0.4 is 5.73 Å². The largest absolute Gasteiger partial charge is 0.326 e. The molecule has 1 aliphatic heterocycles. The fraction of sp³-hybridized carbons (Fsp3) is 0.571. The first-order chi connectivity index (χ1) is 8.16. The Morgan fingerprint density at radius 2 is 1.94 bits per heavy atom. The zero-order valence-electron chi connectivity index (χ0n) is 10.5. The van der Waals surface area contributed by atoms with Crippen molar-refractivity contribution in [2.75, 3.05) is 5.75 Å². The van der Waals surface area contributed by atoms with Crippen LogP contribution in [0.2, 0.25) is 0 Å². The Hall–Kier alpha value is -0.120. The van der Waals surface area contributed by atoms with E-state index in [0.29, 0.717) is 5.25 Å². The van der Waals surface area contributed by atoms with Gasteiger partial charge in [-0.1, -0.05) is 44.2 Å². The molecule has 0 spiro atoms. The van der Waals surface area contributed by atoms with Crippen LogP contribution in [0, 0.1) is 0 Å². The van der Waals surface area contributed by atoms with Gasteiger partial charge in [0.25, 0.3) is 0 Å². The molecule has 0 aromatic heterocycles. The zero-order chi connectivity index (χ0) is 12.3. The first-order valence-electron chi connectivity index (χ1n) is 6.23. The predicted octanol–water partition coefficient (Wildman–Crippen LogP) is 3.18. The molecule has 94 valence electrons. The lowest BCUT2D eigenvalue weighted by Crippen LogP contribution is -2.41. The topological polar surface area (TPSA) is 26.0 Å². The number of nitrogens with two attached hydrogens (primary N) is 1. The van der Waals surface area contributed by atoms with Crippen molar-refractivity contribution in [2.45, 2.75) is 42.1 Å². The van der Waals surface area contributed by atoms with Gasteiger partial charge in [-0.05, 0) is 12.0 Å². The highest BCUT2D eigenvalue weighted by molar-refractivity contribution is 8.07. The monoisotopic (exact) mass is 267 g/mol. The van der Waals surface area contributed by atoms with Crippen LogP contribution in [0.5, 0.6) is 0 Å². The van der Waals surface area contributed by atoms with Crippen LogP contribution in [0.15, 0.2) is 30.3 Å². The molecule has 3 heteroatoms. The molecule has 0 saturated carbocycles. The summed E-state index contributed by atoms with van der Waals surface area (Å²) in [4.78, 5) is 0. The van der Waals surface area contributed by atoms with Crippen molar-refractivity contribution in [3.8, 4) is 0 Å². The van der Waals surface area contributed by atoms with E-state index >= 15 is 0 Å². The number of hydrogen-bond donors (Lipinski definition) is 1. The van der Waals surface area contributed by atoms with Crippen LogP contribution >= 0.6 is 23.5 Å². The fourth-order valence-electron chi connectivity index (χ4n) is 2.05. The van der Waals surface area contributed by atoms with Gasteiger partial charge in [-0.3, -0.25) is 0 Å². The zero-order valence-corrected chi connectivity index (χ0v) is 12.1. The molecule has 0 amide bonds. The molecule has 1 heterocycles. The van der Waals surface area contributed by atoms with Crippen molar-refractivity contribution in [2.24, 2.45) is 5.73 Å². The maximum absolute atomic E-state index is 6.35. The summed E-state index contributed by atoms with van der Waals surface area (Å²) in [5, 5.41) is 2.09. The molecule has 4 atom stereocenters. The van der Waals surface area contributed by atoms with E-state index in [1.807, 2.05) is 0 Å². The highest BCUT2D eigenvalue weighted by Gasteiger charge is 2.29. The van der Waals surface area contributed by atoms with Gasteiger partial charge in [-0.25, -0.2) is 0 Å². The summed E-state index contributed by atoms with van der Waals surface area (Å²) in [6, 6.07) is 10.9. The van der Waals surface area contributed by atoms with Gasteiger partial charge in [-0.2, -0.15) is 23.5 Å². The minimum Gasteiger partial charge on any atom is -0.326 e. The average molecular weight is 267 g/mol. The van der Waals surface area contributed by atoms with E-state index in [4.69, 9.17) is 5.73 Å². The highest BCUT2D eigenvalue weighted by Crippen LogP contribution is 2.37. The maximum Gasteiger partial charge on any atom is 0.0295 e. The molecule has 1 aromatic carbocycles. The van der Waals surface area contributed by atoms with E-state index in [2.05, 4.69) is 67.7 Å². The maximum atomic E-state index is 6.35. The minimum atomic E-state index is 0.282. The van der Waals surface area contributed by atoms with Crippen LogP contribution in [0.1, 0.15) is 19.4 Å². The number of rotatable bonds is 3. The molecule has 1 fully saturated rings. The minimum absolute atomic E-state index is 0.282. The number of benzene rings is 1. The van der Waals surface area contributed by atoms with Crippen molar-refractivity contribution in [3.05, 3.63) is 35.9 Å². The van der Waals surface area contributed by atoms with E-state index in [9.17, 15) is 0 Å². The van der Waals surface area contributed by atoms with Crippen LogP contribution in [-0.4, -0.2) is 27.5 Å². The lowest BCUT2D eigenvalue weighted by atomic mass is 10.0. The Labute approximate surface area is 113 Å². The van der Waals surface area contributed by atoms with Crippen LogP contribution in [0.25, 0.3) is 0 Å². The van der Waals surface area contributed by atoms with Crippen LogP contribution in [-0.2, 0) is 6.42 Å². The quantitative estimate of drug-likeness (QED) is 0.911. The molecule has 0 aliphatic carbocycles. The lowest BCUT2D eigenvalue weighted by molar-refractivity contribution is 0.657. The third-order valence-electron chi connectivity index (χ3n) is 3.37. The first-order valence-corrected chi connectivity index (χ1v) is 8.22. The molecular weight excluding hydrogens is 246 g/mol. The predicted molar refractivity (Wildman–Crippen MR) is 80.9 cm³/mol. The van der Waals surface area contributed by atoms with Gasteiger partial charge in [0, 0.05) is 27.5 Å². The summed E-state index contributed by atoms with van der Waals surface area (Å²) >= 11 is 4.15. The summed E-state index contributed by atoms with van der Waals surface area (Å²) in [5.41, 5.74) is 7.71. The van der Waals surface area contributed by atoms with E-state index in [-0.39, 0.29) is 6.04 Å². The molecular formula is C14H21NS2.